The van der Waals surface area contributed by atoms with E-state index < -0.39 is 5.91 Å². The third kappa shape index (κ3) is 6.78. The van der Waals surface area contributed by atoms with Crippen molar-refractivity contribution in [3.63, 3.8) is 0 Å². The summed E-state index contributed by atoms with van der Waals surface area (Å²) in [5.74, 6) is 1.01. The number of para-hydroxylation sites is 2. The first-order valence-corrected chi connectivity index (χ1v) is 13.1. The van der Waals surface area contributed by atoms with E-state index in [0.717, 1.165) is 5.56 Å². The molecule has 0 saturated carbocycles. The van der Waals surface area contributed by atoms with Crippen molar-refractivity contribution >= 4 is 23.4 Å². The Labute approximate surface area is 231 Å². The zero-order valence-electron chi connectivity index (χ0n) is 21.2. The molecule has 0 spiro atoms. The van der Waals surface area contributed by atoms with Gasteiger partial charge in [-0.2, -0.15) is 0 Å². The smallest absolute Gasteiger partial charge is 0.273 e. The first-order chi connectivity index (χ1) is 19.1. The summed E-state index contributed by atoms with van der Waals surface area (Å²) in [6.07, 6.45) is 1.35. The number of benzene rings is 3. The zero-order valence-corrected chi connectivity index (χ0v) is 22.0. The molecule has 0 aliphatic carbocycles. The molecule has 0 atom stereocenters. The Hall–Kier alpha value is -4.30. The second-order valence-electron chi connectivity index (χ2n) is 9.16. The fourth-order valence-corrected chi connectivity index (χ4v) is 4.52. The van der Waals surface area contributed by atoms with Crippen LogP contribution in [0.25, 0.3) is 11.3 Å². The molecule has 1 saturated heterocycles. The molecule has 5 rings (SSSR count). The van der Waals surface area contributed by atoms with E-state index in [-0.39, 0.29) is 24.2 Å². The van der Waals surface area contributed by atoms with Gasteiger partial charge in [0.05, 0.1) is 17.1 Å². The third-order valence-corrected chi connectivity index (χ3v) is 6.77. The highest BCUT2D eigenvalue weighted by molar-refractivity contribution is 6.32. The molecule has 1 aliphatic heterocycles. The number of halogens is 1. The second-order valence-corrected chi connectivity index (χ2v) is 9.57. The number of aromatic nitrogens is 1. The Morgan fingerprint density at radius 2 is 1.64 bits per heavy atom. The lowest BCUT2D eigenvalue weighted by atomic mass is 10.1. The summed E-state index contributed by atoms with van der Waals surface area (Å²) in [6, 6.07) is 26.1. The SMILES string of the molecule is O=C(NCC(=O)N1CCC(Oc2ccccc2Cl)CC1)c1cc(-c2ccccc2OCc2ccccc2)on1. The van der Waals surface area contributed by atoms with Crippen molar-refractivity contribution in [1.29, 1.82) is 0 Å². The van der Waals surface area contributed by atoms with Crippen LogP contribution in [0.15, 0.2) is 89.5 Å². The van der Waals surface area contributed by atoms with Gasteiger partial charge in [0.1, 0.15) is 24.2 Å². The lowest BCUT2D eigenvalue weighted by Crippen LogP contribution is -2.46. The van der Waals surface area contributed by atoms with Crippen LogP contribution in [-0.4, -0.2) is 47.6 Å². The molecule has 4 aromatic rings. The van der Waals surface area contributed by atoms with E-state index in [2.05, 4.69) is 10.5 Å². The van der Waals surface area contributed by atoms with Gasteiger partial charge in [-0.3, -0.25) is 9.59 Å². The average Bonchev–Trinajstić information content (AvgIpc) is 3.47. The lowest BCUT2D eigenvalue weighted by molar-refractivity contribution is -0.131. The Balaban J connectivity index is 1.12. The highest BCUT2D eigenvalue weighted by atomic mass is 35.5. The number of carbonyl (C=O) groups is 2. The highest BCUT2D eigenvalue weighted by Crippen LogP contribution is 2.31. The number of nitrogens with zero attached hydrogens (tertiary/aromatic N) is 2. The number of piperidine rings is 1. The maximum absolute atomic E-state index is 12.7. The first kappa shape index (κ1) is 26.3. The van der Waals surface area contributed by atoms with Crippen molar-refractivity contribution in [2.75, 3.05) is 19.6 Å². The third-order valence-electron chi connectivity index (χ3n) is 6.46. The van der Waals surface area contributed by atoms with Gasteiger partial charge in [0.15, 0.2) is 11.5 Å². The Morgan fingerprint density at radius 3 is 2.41 bits per heavy atom. The summed E-state index contributed by atoms with van der Waals surface area (Å²) in [7, 11) is 0. The zero-order chi connectivity index (χ0) is 27.0. The summed E-state index contributed by atoms with van der Waals surface area (Å²) in [5, 5.41) is 7.12. The standard InChI is InChI=1S/C30H28ClN3O5/c31-24-11-5-7-13-27(24)38-22-14-16-34(17-15-22)29(35)19-32-30(36)25-18-28(39-33-25)23-10-4-6-12-26(23)37-20-21-8-2-1-3-9-21/h1-13,18,22H,14-17,19-20H2,(H,32,36). The van der Waals surface area contributed by atoms with Crippen LogP contribution in [0.3, 0.4) is 0 Å². The Morgan fingerprint density at radius 1 is 0.949 bits per heavy atom. The van der Waals surface area contributed by atoms with Crippen molar-refractivity contribution in [3.8, 4) is 22.8 Å². The van der Waals surface area contributed by atoms with Crippen LogP contribution in [0.5, 0.6) is 11.5 Å². The van der Waals surface area contributed by atoms with E-state index in [1.165, 1.54) is 0 Å². The van der Waals surface area contributed by atoms with E-state index in [4.69, 9.17) is 25.6 Å². The average molecular weight is 546 g/mol. The first-order valence-electron chi connectivity index (χ1n) is 12.8. The molecule has 3 aromatic carbocycles. The van der Waals surface area contributed by atoms with Crippen LogP contribution >= 0.6 is 11.6 Å². The highest BCUT2D eigenvalue weighted by Gasteiger charge is 2.25. The largest absolute Gasteiger partial charge is 0.489 e. The van der Waals surface area contributed by atoms with Crippen molar-refractivity contribution in [1.82, 2.24) is 15.4 Å². The number of amides is 2. The summed E-state index contributed by atoms with van der Waals surface area (Å²) < 4.78 is 17.4. The number of ether oxygens (including phenoxy) is 2. The Bertz CT molecular complexity index is 1420. The molecule has 1 aromatic heterocycles. The summed E-state index contributed by atoms with van der Waals surface area (Å²) in [4.78, 5) is 27.1. The predicted octanol–water partition coefficient (Wildman–Crippen LogP) is 5.37. The minimum absolute atomic E-state index is 0.0170. The van der Waals surface area contributed by atoms with Gasteiger partial charge >= 0.3 is 0 Å². The molecule has 1 aliphatic rings. The van der Waals surface area contributed by atoms with E-state index in [9.17, 15) is 9.59 Å². The molecule has 0 radical (unpaired) electrons. The fraction of sp³-hybridized carbons (Fsp3) is 0.233. The predicted molar refractivity (Wildman–Crippen MR) is 147 cm³/mol. The molecule has 0 unspecified atom stereocenters. The number of hydrogen-bond acceptors (Lipinski definition) is 6. The summed E-state index contributed by atoms with van der Waals surface area (Å²) in [6.45, 7) is 1.34. The summed E-state index contributed by atoms with van der Waals surface area (Å²) in [5.41, 5.74) is 1.80. The van der Waals surface area contributed by atoms with Crippen molar-refractivity contribution in [2.24, 2.45) is 0 Å². The molecule has 39 heavy (non-hydrogen) atoms. The molecule has 2 heterocycles. The number of hydrogen-bond donors (Lipinski definition) is 1. The maximum atomic E-state index is 12.7. The second kappa shape index (κ2) is 12.5. The van der Waals surface area contributed by atoms with Crippen LogP contribution < -0.4 is 14.8 Å². The molecule has 200 valence electrons. The van der Waals surface area contributed by atoms with Crippen molar-refractivity contribution in [2.45, 2.75) is 25.6 Å². The van der Waals surface area contributed by atoms with Gasteiger partial charge in [0, 0.05) is 32.0 Å². The van der Waals surface area contributed by atoms with Crippen LogP contribution in [0.1, 0.15) is 28.9 Å². The lowest BCUT2D eigenvalue weighted by Gasteiger charge is -2.32. The van der Waals surface area contributed by atoms with Gasteiger partial charge in [-0.05, 0) is 29.8 Å². The number of likely N-dealkylation sites (tertiary alicyclic amines) is 1. The van der Waals surface area contributed by atoms with E-state index >= 15 is 0 Å². The maximum Gasteiger partial charge on any atom is 0.273 e. The van der Waals surface area contributed by atoms with Crippen molar-refractivity contribution in [3.05, 3.63) is 101 Å². The monoisotopic (exact) mass is 545 g/mol. The van der Waals surface area contributed by atoms with Crippen LogP contribution in [0.4, 0.5) is 0 Å². The molecule has 8 nitrogen and oxygen atoms in total. The van der Waals surface area contributed by atoms with Crippen LogP contribution in [0, 0.1) is 0 Å². The molecular formula is C30H28ClN3O5. The van der Waals surface area contributed by atoms with Crippen LogP contribution in [0.2, 0.25) is 5.02 Å². The normalized spacial score (nSPS) is 13.6. The van der Waals surface area contributed by atoms with Gasteiger partial charge < -0.3 is 24.2 Å². The summed E-state index contributed by atoms with van der Waals surface area (Å²) >= 11 is 6.18. The van der Waals surface area contributed by atoms with Gasteiger partial charge in [-0.1, -0.05) is 71.4 Å². The molecule has 1 N–H and O–H groups in total. The molecular weight excluding hydrogens is 518 g/mol. The van der Waals surface area contributed by atoms with Gasteiger partial charge in [0.25, 0.3) is 5.91 Å². The molecule has 1 fully saturated rings. The quantitative estimate of drug-likeness (QED) is 0.304. The van der Waals surface area contributed by atoms with E-state index in [1.54, 1.807) is 17.0 Å². The van der Waals surface area contributed by atoms with Crippen molar-refractivity contribution < 1.29 is 23.6 Å². The number of rotatable bonds is 9. The minimum atomic E-state index is -0.488. The van der Waals surface area contributed by atoms with Gasteiger partial charge in [-0.25, -0.2) is 0 Å². The van der Waals surface area contributed by atoms with E-state index in [0.29, 0.717) is 60.4 Å². The number of carbonyl (C=O) groups excluding carboxylic acids is 2. The minimum Gasteiger partial charge on any atom is -0.489 e. The van der Waals surface area contributed by atoms with Crippen LogP contribution in [-0.2, 0) is 11.4 Å². The van der Waals surface area contributed by atoms with Gasteiger partial charge in [0.2, 0.25) is 5.91 Å². The fourth-order valence-electron chi connectivity index (χ4n) is 4.34. The number of nitrogens with one attached hydrogen (secondary N) is 1. The topological polar surface area (TPSA) is 93.9 Å². The molecule has 2 amide bonds. The van der Waals surface area contributed by atoms with Gasteiger partial charge in [-0.15, -0.1) is 0 Å². The molecule has 9 heteroatoms. The van der Waals surface area contributed by atoms with E-state index in [1.807, 2.05) is 72.8 Å². The Kier molecular flexibility index (Phi) is 8.43. The molecule has 0 bridgehead atoms.